The van der Waals surface area contributed by atoms with Crippen LogP contribution in [0.5, 0.6) is 0 Å². The number of hydrogen-bond acceptors (Lipinski definition) is 3. The van der Waals surface area contributed by atoms with Crippen LogP contribution in [0.3, 0.4) is 0 Å². The predicted octanol–water partition coefficient (Wildman–Crippen LogP) is 5.12. The quantitative estimate of drug-likeness (QED) is 0.307. The molecule has 0 bridgehead atoms. The zero-order valence-electron chi connectivity index (χ0n) is 15.3. The molecule has 0 heterocycles. The number of esters is 1. The Balaban J connectivity index is 3.97. The van der Waals surface area contributed by atoms with Crippen molar-refractivity contribution in [2.75, 3.05) is 0 Å². The van der Waals surface area contributed by atoms with E-state index in [1.54, 1.807) is 20.8 Å². The lowest BCUT2D eigenvalue weighted by Crippen LogP contribution is -2.27. The van der Waals surface area contributed by atoms with Crippen LogP contribution in [0, 0.1) is 5.92 Å². The number of carbonyl (C=O) groups is 2. The van der Waals surface area contributed by atoms with Crippen molar-refractivity contribution in [1.82, 2.24) is 0 Å². The van der Waals surface area contributed by atoms with Gasteiger partial charge in [0.05, 0.1) is 12.3 Å². The summed E-state index contributed by atoms with van der Waals surface area (Å²) in [5.74, 6) is -2.03. The summed E-state index contributed by atoms with van der Waals surface area (Å²) in [6.07, 6.45) is 12.6. The second-order valence-electron chi connectivity index (χ2n) is 7.08. The Kier molecular flexibility index (Phi) is 11.4. The molecule has 0 spiro atoms. The van der Waals surface area contributed by atoms with Crippen LogP contribution in [0.1, 0.15) is 85.5 Å². The SMILES string of the molecule is CCCCCCC/C=C/CC[C@H](CC(=O)OC(C)(C)C)C(=O)O. The van der Waals surface area contributed by atoms with Crippen molar-refractivity contribution in [3.63, 3.8) is 0 Å². The highest BCUT2D eigenvalue weighted by molar-refractivity contribution is 5.78. The maximum absolute atomic E-state index is 11.7. The van der Waals surface area contributed by atoms with Crippen LogP contribution in [0.15, 0.2) is 12.2 Å². The van der Waals surface area contributed by atoms with E-state index in [-0.39, 0.29) is 6.42 Å². The van der Waals surface area contributed by atoms with Gasteiger partial charge in [-0.15, -0.1) is 0 Å². The Hall–Kier alpha value is -1.32. The normalized spacial score (nSPS) is 13.2. The third-order valence-electron chi connectivity index (χ3n) is 3.51. The number of rotatable bonds is 12. The molecule has 0 fully saturated rings. The van der Waals surface area contributed by atoms with E-state index in [9.17, 15) is 14.7 Å². The van der Waals surface area contributed by atoms with Crippen molar-refractivity contribution in [2.24, 2.45) is 5.92 Å². The number of ether oxygens (including phenoxy) is 1. The second-order valence-corrected chi connectivity index (χ2v) is 7.08. The smallest absolute Gasteiger partial charge is 0.307 e. The van der Waals surface area contributed by atoms with Gasteiger partial charge in [-0.1, -0.05) is 44.8 Å². The van der Waals surface area contributed by atoms with Gasteiger partial charge in [-0.2, -0.15) is 0 Å². The largest absolute Gasteiger partial charge is 0.481 e. The van der Waals surface area contributed by atoms with Gasteiger partial charge in [-0.05, 0) is 46.5 Å². The summed E-state index contributed by atoms with van der Waals surface area (Å²) in [5, 5.41) is 9.21. The van der Waals surface area contributed by atoms with Crippen molar-refractivity contribution in [1.29, 1.82) is 0 Å². The lowest BCUT2D eigenvalue weighted by molar-refractivity contribution is -0.159. The third-order valence-corrected chi connectivity index (χ3v) is 3.51. The molecule has 23 heavy (non-hydrogen) atoms. The van der Waals surface area contributed by atoms with E-state index in [1.165, 1.54) is 32.1 Å². The van der Waals surface area contributed by atoms with Crippen molar-refractivity contribution in [2.45, 2.75) is 91.1 Å². The Bertz CT molecular complexity index is 366. The Morgan fingerprint density at radius 1 is 1.04 bits per heavy atom. The van der Waals surface area contributed by atoms with Crippen LogP contribution in [-0.2, 0) is 14.3 Å². The van der Waals surface area contributed by atoms with Gasteiger partial charge < -0.3 is 9.84 Å². The van der Waals surface area contributed by atoms with Crippen molar-refractivity contribution >= 4 is 11.9 Å². The maximum Gasteiger partial charge on any atom is 0.307 e. The van der Waals surface area contributed by atoms with Gasteiger partial charge in [0.25, 0.3) is 0 Å². The zero-order valence-corrected chi connectivity index (χ0v) is 15.3. The van der Waals surface area contributed by atoms with E-state index in [2.05, 4.69) is 13.0 Å². The lowest BCUT2D eigenvalue weighted by atomic mass is 9.99. The number of unbranched alkanes of at least 4 members (excludes halogenated alkanes) is 5. The van der Waals surface area contributed by atoms with Crippen LogP contribution < -0.4 is 0 Å². The maximum atomic E-state index is 11.7. The van der Waals surface area contributed by atoms with Crippen molar-refractivity contribution < 1.29 is 19.4 Å². The van der Waals surface area contributed by atoms with Crippen LogP contribution in [-0.4, -0.2) is 22.6 Å². The van der Waals surface area contributed by atoms with Gasteiger partial charge >= 0.3 is 11.9 Å². The van der Waals surface area contributed by atoms with Gasteiger partial charge in [0.1, 0.15) is 5.60 Å². The Labute approximate surface area is 141 Å². The summed E-state index contributed by atoms with van der Waals surface area (Å²) in [4.78, 5) is 23.0. The summed E-state index contributed by atoms with van der Waals surface area (Å²) in [6, 6.07) is 0. The van der Waals surface area contributed by atoms with E-state index in [4.69, 9.17) is 4.74 Å². The molecular formula is C19H34O4. The fourth-order valence-electron chi connectivity index (χ4n) is 2.30. The molecule has 1 N–H and O–H groups in total. The monoisotopic (exact) mass is 326 g/mol. The fourth-order valence-corrected chi connectivity index (χ4v) is 2.30. The molecule has 0 radical (unpaired) electrons. The highest BCUT2D eigenvalue weighted by atomic mass is 16.6. The Morgan fingerprint density at radius 2 is 1.65 bits per heavy atom. The van der Waals surface area contributed by atoms with Crippen LogP contribution >= 0.6 is 0 Å². The van der Waals surface area contributed by atoms with E-state index >= 15 is 0 Å². The Morgan fingerprint density at radius 3 is 2.22 bits per heavy atom. The summed E-state index contributed by atoms with van der Waals surface area (Å²) < 4.78 is 5.19. The predicted molar refractivity (Wildman–Crippen MR) is 93.3 cm³/mol. The highest BCUT2D eigenvalue weighted by Crippen LogP contribution is 2.17. The van der Waals surface area contributed by atoms with E-state index in [1.807, 2.05) is 6.08 Å². The summed E-state index contributed by atoms with van der Waals surface area (Å²) in [5.41, 5.74) is -0.572. The molecule has 0 rings (SSSR count). The average molecular weight is 326 g/mol. The third kappa shape index (κ3) is 14.0. The summed E-state index contributed by atoms with van der Waals surface area (Å²) in [6.45, 7) is 7.55. The molecule has 0 saturated carbocycles. The second kappa shape index (κ2) is 12.1. The molecule has 0 saturated heterocycles. The van der Waals surface area contributed by atoms with Crippen molar-refractivity contribution in [3.8, 4) is 0 Å². The molecule has 0 aliphatic heterocycles. The fraction of sp³-hybridized carbons (Fsp3) is 0.789. The minimum Gasteiger partial charge on any atom is -0.481 e. The number of carboxylic acid groups (broad SMARTS) is 1. The van der Waals surface area contributed by atoms with Crippen molar-refractivity contribution in [3.05, 3.63) is 12.2 Å². The molecule has 4 heteroatoms. The first-order valence-electron chi connectivity index (χ1n) is 8.86. The molecule has 0 amide bonds. The van der Waals surface area contributed by atoms with E-state index < -0.39 is 23.5 Å². The number of aliphatic carboxylic acids is 1. The lowest BCUT2D eigenvalue weighted by Gasteiger charge is -2.20. The molecule has 0 aromatic rings. The molecule has 0 aromatic heterocycles. The zero-order chi connectivity index (χ0) is 17.7. The summed E-state index contributed by atoms with van der Waals surface area (Å²) >= 11 is 0. The standard InChI is InChI=1S/C19H34O4/c1-5-6-7-8-9-10-11-12-13-14-16(18(21)22)15-17(20)23-19(2,3)4/h11-12,16H,5-10,13-15H2,1-4H3,(H,21,22)/b12-11+/t16-/m1/s1. The molecule has 0 aromatic carbocycles. The molecule has 0 aliphatic carbocycles. The van der Waals surface area contributed by atoms with Gasteiger partial charge in [0.15, 0.2) is 0 Å². The minimum atomic E-state index is -0.927. The highest BCUT2D eigenvalue weighted by Gasteiger charge is 2.24. The average Bonchev–Trinajstić information content (AvgIpc) is 2.42. The van der Waals surface area contributed by atoms with Crippen LogP contribution in [0.2, 0.25) is 0 Å². The van der Waals surface area contributed by atoms with Gasteiger partial charge in [-0.3, -0.25) is 9.59 Å². The first-order valence-corrected chi connectivity index (χ1v) is 8.86. The molecule has 1 atom stereocenters. The van der Waals surface area contributed by atoms with Crippen LogP contribution in [0.4, 0.5) is 0 Å². The number of carboxylic acids is 1. The van der Waals surface area contributed by atoms with E-state index in [0.717, 1.165) is 6.42 Å². The molecule has 4 nitrogen and oxygen atoms in total. The molecular weight excluding hydrogens is 292 g/mol. The molecule has 0 unspecified atom stereocenters. The summed E-state index contributed by atoms with van der Waals surface area (Å²) in [7, 11) is 0. The number of allylic oxidation sites excluding steroid dienone is 2. The van der Waals surface area contributed by atoms with E-state index in [0.29, 0.717) is 12.8 Å². The molecule has 134 valence electrons. The molecule has 0 aliphatic rings. The van der Waals surface area contributed by atoms with Gasteiger partial charge in [-0.25, -0.2) is 0 Å². The topological polar surface area (TPSA) is 63.6 Å². The minimum absolute atomic E-state index is 0.0581. The first-order chi connectivity index (χ1) is 10.8. The first kappa shape index (κ1) is 21.7. The van der Waals surface area contributed by atoms with Crippen LogP contribution in [0.25, 0.3) is 0 Å². The number of carbonyl (C=O) groups excluding carboxylic acids is 1. The number of hydrogen-bond donors (Lipinski definition) is 1. The van der Waals surface area contributed by atoms with Gasteiger partial charge in [0.2, 0.25) is 0 Å². The van der Waals surface area contributed by atoms with Gasteiger partial charge in [0, 0.05) is 0 Å².